The number of anilines is 1. The van der Waals surface area contributed by atoms with Crippen LogP contribution in [0.1, 0.15) is 27.0 Å². The summed E-state index contributed by atoms with van der Waals surface area (Å²) in [7, 11) is -3.57. The van der Waals surface area contributed by atoms with Gasteiger partial charge in [-0.1, -0.05) is 71.9 Å². The van der Waals surface area contributed by atoms with Gasteiger partial charge in [-0.15, -0.1) is 0 Å². The number of rotatable bonds is 11. The van der Waals surface area contributed by atoms with Gasteiger partial charge in [0.15, 0.2) is 0 Å². The highest BCUT2D eigenvalue weighted by Gasteiger charge is 2.21. The maximum Gasteiger partial charge on any atom is 0.251 e. The van der Waals surface area contributed by atoms with Crippen LogP contribution < -0.4 is 14.4 Å². The maximum atomic E-state index is 12.8. The number of benzene rings is 4. The third-order valence-electron chi connectivity index (χ3n) is 6.02. The summed E-state index contributed by atoms with van der Waals surface area (Å²) in [4.78, 5) is 14.5. The summed E-state index contributed by atoms with van der Waals surface area (Å²) in [5.41, 5.74) is 4.11. The third kappa shape index (κ3) is 7.88. The van der Waals surface area contributed by atoms with Crippen molar-refractivity contribution in [3.63, 3.8) is 0 Å². The lowest BCUT2D eigenvalue weighted by atomic mass is 10.1. The van der Waals surface area contributed by atoms with E-state index in [2.05, 4.69) is 11.4 Å². The molecule has 4 rings (SSSR count). The fourth-order valence-electron chi connectivity index (χ4n) is 4.06. The fourth-order valence-corrected chi connectivity index (χ4v) is 6.00. The molecule has 202 valence electrons. The van der Waals surface area contributed by atoms with Crippen LogP contribution in [0.3, 0.4) is 0 Å². The monoisotopic (exact) mass is 560 g/mol. The number of hydrogen-bond acceptors (Lipinski definition) is 5. The Morgan fingerprint density at radius 3 is 2.28 bits per heavy atom. The normalized spacial score (nSPS) is 11.2. The van der Waals surface area contributed by atoms with Crippen LogP contribution in [0.5, 0.6) is 5.75 Å². The summed E-state index contributed by atoms with van der Waals surface area (Å²) in [6.45, 7) is 4.90. The first-order chi connectivity index (χ1) is 18.7. The van der Waals surface area contributed by atoms with Crippen molar-refractivity contribution in [2.24, 2.45) is 0 Å². The smallest absolute Gasteiger partial charge is 0.251 e. The summed E-state index contributed by atoms with van der Waals surface area (Å²) >= 11 is 1.52. The number of hydrogen-bond donors (Lipinski definition) is 1. The Morgan fingerprint density at radius 1 is 0.897 bits per heavy atom. The molecular weight excluding hydrogens is 528 g/mol. The molecule has 4 aromatic carbocycles. The van der Waals surface area contributed by atoms with Crippen molar-refractivity contribution < 1.29 is 17.9 Å². The second-order valence-corrected chi connectivity index (χ2v) is 12.2. The van der Waals surface area contributed by atoms with E-state index in [1.165, 1.54) is 27.9 Å². The number of amides is 1. The quantitative estimate of drug-likeness (QED) is 0.220. The van der Waals surface area contributed by atoms with Crippen molar-refractivity contribution in [2.75, 3.05) is 23.7 Å². The van der Waals surface area contributed by atoms with Gasteiger partial charge in [0.1, 0.15) is 12.4 Å². The van der Waals surface area contributed by atoms with E-state index in [1.807, 2.05) is 80.6 Å². The molecule has 0 aliphatic carbocycles. The highest BCUT2D eigenvalue weighted by Crippen LogP contribution is 2.36. The Labute approximate surface area is 235 Å². The SMILES string of the molecule is Cc1ccc(OCCNC(=O)c2ccc(CN(c3ccccc3Sc3ccccc3)S(C)(=O)=O)cc2)c(C)c1. The zero-order valence-electron chi connectivity index (χ0n) is 22.3. The predicted molar refractivity (Wildman–Crippen MR) is 158 cm³/mol. The minimum Gasteiger partial charge on any atom is -0.491 e. The van der Waals surface area contributed by atoms with E-state index in [1.54, 1.807) is 24.3 Å². The number of para-hydroxylation sites is 1. The molecule has 0 bridgehead atoms. The maximum absolute atomic E-state index is 12.8. The van der Waals surface area contributed by atoms with Crippen LogP contribution in [0.15, 0.2) is 107 Å². The lowest BCUT2D eigenvalue weighted by molar-refractivity contribution is 0.0947. The molecule has 39 heavy (non-hydrogen) atoms. The topological polar surface area (TPSA) is 75.7 Å². The molecule has 0 radical (unpaired) electrons. The molecule has 0 atom stereocenters. The summed E-state index contributed by atoms with van der Waals surface area (Å²) in [5, 5.41) is 2.87. The average molecular weight is 561 g/mol. The fraction of sp³-hybridized carbons (Fsp3) is 0.194. The number of carbonyl (C=O) groups is 1. The van der Waals surface area contributed by atoms with Crippen LogP contribution in [0.25, 0.3) is 0 Å². The van der Waals surface area contributed by atoms with Gasteiger partial charge in [0.05, 0.1) is 25.0 Å². The molecule has 6 nitrogen and oxygen atoms in total. The minimum atomic E-state index is -3.57. The molecule has 0 unspecified atom stereocenters. The Bertz CT molecular complexity index is 1520. The average Bonchev–Trinajstić information content (AvgIpc) is 2.91. The van der Waals surface area contributed by atoms with Gasteiger partial charge in [0.25, 0.3) is 5.91 Å². The molecule has 0 heterocycles. The molecule has 0 spiro atoms. The van der Waals surface area contributed by atoms with Gasteiger partial charge in [-0.05, 0) is 67.4 Å². The number of carbonyl (C=O) groups excluding carboxylic acids is 1. The largest absolute Gasteiger partial charge is 0.491 e. The second-order valence-electron chi connectivity index (χ2n) is 9.22. The first-order valence-corrected chi connectivity index (χ1v) is 15.2. The van der Waals surface area contributed by atoms with Gasteiger partial charge in [0, 0.05) is 15.4 Å². The number of nitrogens with zero attached hydrogens (tertiary/aromatic N) is 1. The standard InChI is InChI=1S/C31H32N2O4S2/c1-23-13-18-29(24(2)21-23)37-20-19-32-31(34)26-16-14-25(15-17-26)22-33(39(3,35)36)28-11-7-8-12-30(28)38-27-9-5-4-6-10-27/h4-18,21H,19-20,22H2,1-3H3,(H,32,34). The van der Waals surface area contributed by atoms with Crippen LogP contribution in [-0.2, 0) is 16.6 Å². The molecule has 0 fully saturated rings. The van der Waals surface area contributed by atoms with E-state index in [9.17, 15) is 13.2 Å². The molecule has 0 saturated heterocycles. The van der Waals surface area contributed by atoms with E-state index in [0.29, 0.717) is 24.4 Å². The van der Waals surface area contributed by atoms with E-state index >= 15 is 0 Å². The highest BCUT2D eigenvalue weighted by molar-refractivity contribution is 7.99. The van der Waals surface area contributed by atoms with Crippen LogP contribution >= 0.6 is 11.8 Å². The summed E-state index contributed by atoms with van der Waals surface area (Å²) in [6, 6.07) is 30.3. The lowest BCUT2D eigenvalue weighted by Gasteiger charge is -2.25. The predicted octanol–water partition coefficient (Wildman–Crippen LogP) is 6.23. The van der Waals surface area contributed by atoms with Gasteiger partial charge in [-0.2, -0.15) is 0 Å². The Hall–Kier alpha value is -3.75. The van der Waals surface area contributed by atoms with Gasteiger partial charge >= 0.3 is 0 Å². The zero-order chi connectivity index (χ0) is 27.8. The van der Waals surface area contributed by atoms with E-state index in [0.717, 1.165) is 26.7 Å². The molecule has 0 saturated carbocycles. The summed E-state index contributed by atoms with van der Waals surface area (Å²) in [6.07, 6.45) is 1.21. The van der Waals surface area contributed by atoms with Gasteiger partial charge in [0.2, 0.25) is 10.0 Å². The summed E-state index contributed by atoms with van der Waals surface area (Å²) in [5.74, 6) is 0.591. The summed E-state index contributed by atoms with van der Waals surface area (Å²) < 4.78 is 32.9. The third-order valence-corrected chi connectivity index (χ3v) is 8.22. The van der Waals surface area contributed by atoms with E-state index in [-0.39, 0.29) is 12.5 Å². The zero-order valence-corrected chi connectivity index (χ0v) is 23.9. The first-order valence-electron chi connectivity index (χ1n) is 12.6. The molecule has 8 heteroatoms. The van der Waals surface area contributed by atoms with Crippen LogP contribution in [0, 0.1) is 13.8 Å². The minimum absolute atomic E-state index is 0.150. The van der Waals surface area contributed by atoms with Crippen molar-refractivity contribution >= 4 is 33.4 Å². The molecule has 1 amide bonds. The number of nitrogens with one attached hydrogen (secondary N) is 1. The Morgan fingerprint density at radius 2 is 1.59 bits per heavy atom. The molecule has 0 aliphatic heterocycles. The van der Waals surface area contributed by atoms with E-state index in [4.69, 9.17) is 4.74 Å². The molecular formula is C31H32N2O4S2. The van der Waals surface area contributed by atoms with E-state index < -0.39 is 10.0 Å². The Kier molecular flexibility index (Phi) is 9.32. The van der Waals surface area contributed by atoms with Crippen LogP contribution in [0.2, 0.25) is 0 Å². The number of sulfonamides is 1. The molecule has 1 N–H and O–H groups in total. The van der Waals surface area contributed by atoms with Gasteiger partial charge < -0.3 is 10.1 Å². The lowest BCUT2D eigenvalue weighted by Crippen LogP contribution is -2.30. The van der Waals surface area contributed by atoms with Crippen LogP contribution in [-0.4, -0.2) is 33.7 Å². The molecule has 4 aromatic rings. The van der Waals surface area contributed by atoms with Crippen molar-refractivity contribution in [3.8, 4) is 5.75 Å². The Balaban J connectivity index is 1.40. The van der Waals surface area contributed by atoms with Crippen molar-refractivity contribution in [3.05, 3.63) is 119 Å². The van der Waals surface area contributed by atoms with Crippen molar-refractivity contribution in [1.29, 1.82) is 0 Å². The number of ether oxygens (including phenoxy) is 1. The highest BCUT2D eigenvalue weighted by atomic mass is 32.2. The number of aryl methyl sites for hydroxylation is 2. The van der Waals surface area contributed by atoms with Crippen LogP contribution in [0.4, 0.5) is 5.69 Å². The van der Waals surface area contributed by atoms with Crippen molar-refractivity contribution in [2.45, 2.75) is 30.2 Å². The van der Waals surface area contributed by atoms with Crippen molar-refractivity contribution in [1.82, 2.24) is 5.32 Å². The molecule has 0 aliphatic rings. The molecule has 0 aromatic heterocycles. The first kappa shape index (κ1) is 28.3. The second kappa shape index (κ2) is 12.9. The van der Waals surface area contributed by atoms with Gasteiger partial charge in [-0.25, -0.2) is 8.42 Å². The van der Waals surface area contributed by atoms with Gasteiger partial charge in [-0.3, -0.25) is 9.10 Å².